The average molecular weight is 292 g/mol. The summed E-state index contributed by atoms with van der Waals surface area (Å²) in [4.78, 5) is 10.7. The van der Waals surface area contributed by atoms with Crippen LogP contribution in [0.3, 0.4) is 0 Å². The van der Waals surface area contributed by atoms with Crippen LogP contribution in [0, 0.1) is 22.5 Å². The minimum atomic E-state index is -0.772. The number of hydrogen-bond donors (Lipinski definition) is 2. The number of benzene rings is 1. The normalized spacial score (nSPS) is 20.0. The van der Waals surface area contributed by atoms with Crippen molar-refractivity contribution in [3.8, 4) is 0 Å². The van der Waals surface area contributed by atoms with Crippen LogP contribution in [-0.2, 0) is 0 Å². The van der Waals surface area contributed by atoms with Gasteiger partial charge < -0.3 is 10.4 Å². The van der Waals surface area contributed by atoms with Crippen molar-refractivity contribution < 1.29 is 10.0 Å². The highest BCUT2D eigenvalue weighted by atomic mass is 16.6. The van der Waals surface area contributed by atoms with Crippen molar-refractivity contribution in [3.05, 3.63) is 33.9 Å². The molecule has 1 aliphatic carbocycles. The number of aryl methyl sites for hydroxylation is 1. The molecule has 0 aliphatic heterocycles. The first-order chi connectivity index (χ1) is 9.72. The van der Waals surface area contributed by atoms with Gasteiger partial charge in [-0.1, -0.05) is 26.0 Å². The van der Waals surface area contributed by atoms with Gasteiger partial charge in [0.05, 0.1) is 10.5 Å². The third-order valence-electron chi connectivity index (χ3n) is 4.58. The molecule has 5 nitrogen and oxygen atoms in total. The van der Waals surface area contributed by atoms with Crippen molar-refractivity contribution in [3.63, 3.8) is 0 Å². The third-order valence-corrected chi connectivity index (χ3v) is 4.58. The van der Waals surface area contributed by atoms with Gasteiger partial charge >= 0.3 is 0 Å². The van der Waals surface area contributed by atoms with Crippen molar-refractivity contribution in [2.75, 3.05) is 11.9 Å². The van der Waals surface area contributed by atoms with E-state index in [0.717, 1.165) is 31.2 Å². The predicted octanol–water partition coefficient (Wildman–Crippen LogP) is 3.65. The Kier molecular flexibility index (Phi) is 4.23. The van der Waals surface area contributed by atoms with Crippen LogP contribution in [-0.4, -0.2) is 22.2 Å². The van der Waals surface area contributed by atoms with E-state index in [-0.39, 0.29) is 16.0 Å². The van der Waals surface area contributed by atoms with Crippen molar-refractivity contribution >= 4 is 11.4 Å². The standard InChI is InChI=1S/C16H24N2O3/c1-12-5-4-6-13(18(20)21)14(12)17-11-16(19)9-7-15(2,3)8-10-16/h4-6,17,19H,7-11H2,1-3H3. The monoisotopic (exact) mass is 292 g/mol. The van der Waals surface area contributed by atoms with Crippen molar-refractivity contribution in [1.29, 1.82) is 0 Å². The summed E-state index contributed by atoms with van der Waals surface area (Å²) in [7, 11) is 0. The molecule has 1 aromatic carbocycles. The zero-order valence-electron chi connectivity index (χ0n) is 13.0. The van der Waals surface area contributed by atoms with Crippen molar-refractivity contribution in [1.82, 2.24) is 0 Å². The number of nitrogens with one attached hydrogen (secondary N) is 1. The predicted molar refractivity (Wildman–Crippen MR) is 83.5 cm³/mol. The fourth-order valence-corrected chi connectivity index (χ4v) is 2.86. The lowest BCUT2D eigenvalue weighted by Gasteiger charge is -2.40. The molecule has 0 atom stereocenters. The van der Waals surface area contributed by atoms with Gasteiger partial charge in [0.25, 0.3) is 5.69 Å². The number of nitrogens with zero attached hydrogens (tertiary/aromatic N) is 1. The lowest BCUT2D eigenvalue weighted by atomic mass is 9.71. The van der Waals surface area contributed by atoms with Crippen molar-refractivity contribution in [2.24, 2.45) is 5.41 Å². The van der Waals surface area contributed by atoms with Crippen molar-refractivity contribution in [2.45, 2.75) is 52.1 Å². The molecule has 2 rings (SSSR count). The van der Waals surface area contributed by atoms with Gasteiger partial charge in [0.1, 0.15) is 5.69 Å². The second-order valence-electron chi connectivity index (χ2n) is 6.97. The van der Waals surface area contributed by atoms with E-state index < -0.39 is 5.60 Å². The SMILES string of the molecule is Cc1cccc([N+](=O)[O-])c1NCC1(O)CCC(C)(C)CC1. The first-order valence-corrected chi connectivity index (χ1v) is 7.43. The largest absolute Gasteiger partial charge is 0.388 e. The Morgan fingerprint density at radius 1 is 1.29 bits per heavy atom. The molecule has 2 N–H and O–H groups in total. The second-order valence-corrected chi connectivity index (χ2v) is 6.97. The Hall–Kier alpha value is -1.62. The Labute approximate surface area is 125 Å². The minimum absolute atomic E-state index is 0.0646. The fraction of sp³-hybridized carbons (Fsp3) is 0.625. The summed E-state index contributed by atoms with van der Waals surface area (Å²) in [5, 5.41) is 24.9. The Morgan fingerprint density at radius 3 is 2.48 bits per heavy atom. The highest BCUT2D eigenvalue weighted by Crippen LogP contribution is 2.40. The van der Waals surface area contributed by atoms with Crippen LogP contribution in [0.4, 0.5) is 11.4 Å². The van der Waals surface area contributed by atoms with Gasteiger partial charge in [0.2, 0.25) is 0 Å². The molecule has 116 valence electrons. The summed E-state index contributed by atoms with van der Waals surface area (Å²) in [6.07, 6.45) is 3.40. The number of hydrogen-bond acceptors (Lipinski definition) is 4. The summed E-state index contributed by atoms with van der Waals surface area (Å²) < 4.78 is 0. The van der Waals surface area contributed by atoms with Crippen LogP contribution < -0.4 is 5.32 Å². The molecule has 0 amide bonds. The minimum Gasteiger partial charge on any atom is -0.388 e. The maximum Gasteiger partial charge on any atom is 0.292 e. The third kappa shape index (κ3) is 3.73. The average Bonchev–Trinajstić information content (AvgIpc) is 2.41. The summed E-state index contributed by atoms with van der Waals surface area (Å²) in [5.74, 6) is 0. The molecule has 0 aromatic heterocycles. The molecule has 1 aromatic rings. The summed E-state index contributed by atoms with van der Waals surface area (Å²) in [6.45, 7) is 6.62. The fourth-order valence-electron chi connectivity index (χ4n) is 2.86. The van der Waals surface area contributed by atoms with E-state index in [9.17, 15) is 15.2 Å². The number of rotatable bonds is 4. The second kappa shape index (κ2) is 5.64. The maximum atomic E-state index is 11.1. The molecule has 0 radical (unpaired) electrons. The molecule has 0 bridgehead atoms. The smallest absolute Gasteiger partial charge is 0.292 e. The lowest BCUT2D eigenvalue weighted by molar-refractivity contribution is -0.384. The van der Waals surface area contributed by atoms with Crippen LogP contribution in [0.5, 0.6) is 0 Å². The molecule has 0 heterocycles. The Bertz CT molecular complexity index is 530. The summed E-state index contributed by atoms with van der Waals surface area (Å²) >= 11 is 0. The number of anilines is 1. The van der Waals surface area contributed by atoms with E-state index >= 15 is 0 Å². The topological polar surface area (TPSA) is 75.4 Å². The van der Waals surface area contributed by atoms with Crippen LogP contribution in [0.15, 0.2) is 18.2 Å². The van der Waals surface area contributed by atoms with Crippen LogP contribution in [0.2, 0.25) is 0 Å². The molecule has 1 saturated carbocycles. The highest BCUT2D eigenvalue weighted by Gasteiger charge is 2.36. The molecule has 1 fully saturated rings. The molecule has 5 heteroatoms. The van der Waals surface area contributed by atoms with Gasteiger partial charge in [-0.2, -0.15) is 0 Å². The summed E-state index contributed by atoms with van der Waals surface area (Å²) in [6, 6.07) is 5.00. The number of aliphatic hydroxyl groups is 1. The molecule has 0 saturated heterocycles. The maximum absolute atomic E-state index is 11.1. The van der Waals surface area contributed by atoms with Crippen LogP contribution in [0.25, 0.3) is 0 Å². The van der Waals surface area contributed by atoms with E-state index in [1.54, 1.807) is 6.07 Å². The lowest BCUT2D eigenvalue weighted by Crippen LogP contribution is -2.42. The molecule has 0 spiro atoms. The molecular formula is C16H24N2O3. The van der Waals surface area contributed by atoms with E-state index in [1.165, 1.54) is 6.07 Å². The van der Waals surface area contributed by atoms with Crippen LogP contribution in [0.1, 0.15) is 45.1 Å². The van der Waals surface area contributed by atoms with Gasteiger partial charge in [0.15, 0.2) is 0 Å². The Balaban J connectivity index is 2.09. The van der Waals surface area contributed by atoms with Gasteiger partial charge in [-0.3, -0.25) is 10.1 Å². The van der Waals surface area contributed by atoms with E-state index in [1.807, 2.05) is 13.0 Å². The van der Waals surface area contributed by atoms with E-state index in [2.05, 4.69) is 19.2 Å². The zero-order chi connectivity index (χ0) is 15.7. The highest BCUT2D eigenvalue weighted by molar-refractivity contribution is 5.66. The quantitative estimate of drug-likeness (QED) is 0.656. The number of para-hydroxylation sites is 1. The first kappa shape index (κ1) is 15.8. The number of nitro groups is 1. The zero-order valence-corrected chi connectivity index (χ0v) is 13.0. The molecule has 1 aliphatic rings. The molecule has 21 heavy (non-hydrogen) atoms. The number of nitro benzene ring substituents is 1. The summed E-state index contributed by atoms with van der Waals surface area (Å²) in [5.41, 5.74) is 0.909. The van der Waals surface area contributed by atoms with Gasteiger partial charge in [-0.15, -0.1) is 0 Å². The first-order valence-electron chi connectivity index (χ1n) is 7.43. The Morgan fingerprint density at radius 2 is 1.90 bits per heavy atom. The molecular weight excluding hydrogens is 268 g/mol. The van der Waals surface area contributed by atoms with Gasteiger partial charge in [-0.05, 0) is 43.6 Å². The van der Waals surface area contributed by atoms with E-state index in [0.29, 0.717) is 12.2 Å². The molecule has 0 unspecified atom stereocenters. The van der Waals surface area contributed by atoms with E-state index in [4.69, 9.17) is 0 Å². The van der Waals surface area contributed by atoms with Gasteiger partial charge in [0, 0.05) is 12.6 Å². The van der Waals surface area contributed by atoms with Crippen LogP contribution >= 0.6 is 0 Å². The van der Waals surface area contributed by atoms with Gasteiger partial charge in [-0.25, -0.2) is 0 Å².